The summed E-state index contributed by atoms with van der Waals surface area (Å²) in [5.74, 6) is -0.359. The van der Waals surface area contributed by atoms with Crippen molar-refractivity contribution in [1.82, 2.24) is 4.90 Å². The molecule has 1 aromatic heterocycles. The van der Waals surface area contributed by atoms with Gasteiger partial charge in [0.05, 0.1) is 21.9 Å². The third-order valence-electron chi connectivity index (χ3n) is 5.25. The first-order valence-corrected chi connectivity index (χ1v) is 10.7. The summed E-state index contributed by atoms with van der Waals surface area (Å²) in [6.45, 7) is 2.21. The zero-order chi connectivity index (χ0) is 23.5. The summed E-state index contributed by atoms with van der Waals surface area (Å²) in [5.41, 5.74) is 0.978. The van der Waals surface area contributed by atoms with Gasteiger partial charge in [0.15, 0.2) is 5.76 Å². The van der Waals surface area contributed by atoms with Crippen LogP contribution in [-0.4, -0.2) is 47.8 Å². The number of nitrogens with one attached hydrogen (secondary N) is 1. The molecule has 2 heterocycles. The Balaban J connectivity index is 1.40. The normalized spacial score (nSPS) is 13.6. The van der Waals surface area contributed by atoms with Crippen molar-refractivity contribution < 1.29 is 18.9 Å². The first-order valence-electron chi connectivity index (χ1n) is 9.96. The average Bonchev–Trinajstić information content (AvgIpc) is 3.34. The van der Waals surface area contributed by atoms with E-state index in [9.17, 15) is 19.7 Å². The molecule has 1 N–H and O–H groups in total. The summed E-state index contributed by atoms with van der Waals surface area (Å²) in [5, 5.41) is 14.1. The van der Waals surface area contributed by atoms with Crippen LogP contribution in [-0.2, 0) is 0 Å². The summed E-state index contributed by atoms with van der Waals surface area (Å²) >= 11 is 12.3. The Bertz CT molecular complexity index is 1210. The van der Waals surface area contributed by atoms with Gasteiger partial charge in [0, 0.05) is 43.5 Å². The number of furan rings is 1. The van der Waals surface area contributed by atoms with Crippen LogP contribution in [0.3, 0.4) is 0 Å². The van der Waals surface area contributed by atoms with Crippen molar-refractivity contribution in [2.24, 2.45) is 0 Å². The minimum atomic E-state index is -0.646. The van der Waals surface area contributed by atoms with E-state index < -0.39 is 10.8 Å². The number of carbonyl (C=O) groups is 2. The molecule has 1 aliphatic heterocycles. The number of benzene rings is 2. The van der Waals surface area contributed by atoms with Crippen LogP contribution in [0.15, 0.2) is 59.2 Å². The minimum absolute atomic E-state index is 0.0464. The van der Waals surface area contributed by atoms with Crippen LogP contribution < -0.4 is 10.2 Å². The number of hydrogen-bond acceptors (Lipinski definition) is 6. The fourth-order valence-electron chi connectivity index (χ4n) is 3.54. The van der Waals surface area contributed by atoms with E-state index in [1.54, 1.807) is 35.2 Å². The van der Waals surface area contributed by atoms with Gasteiger partial charge >= 0.3 is 0 Å². The highest BCUT2D eigenvalue weighted by molar-refractivity contribution is 6.34. The number of nitrogens with zero attached hydrogens (tertiary/aromatic N) is 3. The van der Waals surface area contributed by atoms with E-state index in [1.165, 1.54) is 18.4 Å². The molecular weight excluding hydrogens is 471 g/mol. The lowest BCUT2D eigenvalue weighted by Gasteiger charge is -2.36. The molecule has 0 spiro atoms. The molecule has 2 aromatic carbocycles. The van der Waals surface area contributed by atoms with Crippen LogP contribution in [0.5, 0.6) is 0 Å². The number of nitro benzene ring substituents is 1. The molecular formula is C22H18Cl2N4O5. The van der Waals surface area contributed by atoms with E-state index in [-0.39, 0.29) is 22.2 Å². The molecule has 0 atom stereocenters. The molecule has 1 aliphatic rings. The highest BCUT2D eigenvalue weighted by atomic mass is 35.5. The third-order valence-corrected chi connectivity index (χ3v) is 5.87. The quantitative estimate of drug-likeness (QED) is 0.411. The molecule has 2 amide bonds. The number of rotatable bonds is 5. The Kier molecular flexibility index (Phi) is 6.52. The second kappa shape index (κ2) is 9.51. The van der Waals surface area contributed by atoms with Gasteiger partial charge in [-0.3, -0.25) is 19.7 Å². The van der Waals surface area contributed by atoms with Crippen LogP contribution in [0, 0.1) is 10.1 Å². The summed E-state index contributed by atoms with van der Waals surface area (Å²) in [6, 6.07) is 12.2. The van der Waals surface area contributed by atoms with Crippen LogP contribution in [0.1, 0.15) is 20.9 Å². The highest BCUT2D eigenvalue weighted by Crippen LogP contribution is 2.31. The number of anilines is 2. The maximum absolute atomic E-state index is 12.5. The molecule has 11 heteroatoms. The van der Waals surface area contributed by atoms with E-state index in [1.807, 2.05) is 0 Å². The zero-order valence-corrected chi connectivity index (χ0v) is 18.7. The molecule has 3 aromatic rings. The smallest absolute Gasteiger partial charge is 0.289 e. The fourth-order valence-corrected chi connectivity index (χ4v) is 4.03. The number of piperazine rings is 1. The minimum Gasteiger partial charge on any atom is -0.459 e. The Hall–Kier alpha value is -3.56. The van der Waals surface area contributed by atoms with Gasteiger partial charge < -0.3 is 19.5 Å². The summed E-state index contributed by atoms with van der Waals surface area (Å²) in [6.07, 6.45) is 1.47. The van der Waals surface area contributed by atoms with E-state index >= 15 is 0 Å². The number of hydrogen-bond donors (Lipinski definition) is 1. The predicted molar refractivity (Wildman–Crippen MR) is 124 cm³/mol. The fraction of sp³-hybridized carbons (Fsp3) is 0.182. The van der Waals surface area contributed by atoms with Crippen LogP contribution >= 0.6 is 23.2 Å². The second-order valence-corrected chi connectivity index (χ2v) is 8.11. The summed E-state index contributed by atoms with van der Waals surface area (Å²) in [4.78, 5) is 39.1. The lowest BCUT2D eigenvalue weighted by atomic mass is 10.1. The Morgan fingerprint density at radius 1 is 1.00 bits per heavy atom. The van der Waals surface area contributed by atoms with Gasteiger partial charge in [-0.05, 0) is 42.5 Å². The highest BCUT2D eigenvalue weighted by Gasteiger charge is 2.25. The summed E-state index contributed by atoms with van der Waals surface area (Å²) in [7, 11) is 0. The SMILES string of the molecule is O=C(Nc1ccc(N2CCN(C(=O)c3ccco3)CC2)c(Cl)c1)c1ccc(Cl)c([N+](=O)[O-])c1. The maximum Gasteiger partial charge on any atom is 0.289 e. The van der Waals surface area contributed by atoms with Crippen LogP contribution in [0.2, 0.25) is 10.0 Å². The van der Waals surface area contributed by atoms with Crippen molar-refractivity contribution >= 4 is 52.1 Å². The average molecular weight is 489 g/mol. The van der Waals surface area contributed by atoms with Gasteiger partial charge in [-0.15, -0.1) is 0 Å². The van der Waals surface area contributed by atoms with Gasteiger partial charge in [-0.25, -0.2) is 0 Å². The standard InChI is InChI=1S/C22H18Cl2N4O5/c23-16-5-3-14(12-19(16)28(31)32)21(29)25-15-4-6-18(17(24)13-15)26-7-9-27(10-8-26)22(30)20-2-1-11-33-20/h1-6,11-13H,7-10H2,(H,25,29). The molecule has 4 rings (SSSR count). The lowest BCUT2D eigenvalue weighted by molar-refractivity contribution is -0.384. The second-order valence-electron chi connectivity index (χ2n) is 7.30. The molecule has 33 heavy (non-hydrogen) atoms. The zero-order valence-electron chi connectivity index (χ0n) is 17.2. The topological polar surface area (TPSA) is 109 Å². The lowest BCUT2D eigenvalue weighted by Crippen LogP contribution is -2.48. The van der Waals surface area contributed by atoms with Gasteiger partial charge in [-0.2, -0.15) is 0 Å². The number of nitro groups is 1. The number of amides is 2. The van der Waals surface area contributed by atoms with Crippen molar-refractivity contribution in [1.29, 1.82) is 0 Å². The molecule has 0 aliphatic carbocycles. The molecule has 1 fully saturated rings. The Labute approximate surface area is 198 Å². The monoisotopic (exact) mass is 488 g/mol. The third kappa shape index (κ3) is 4.94. The largest absolute Gasteiger partial charge is 0.459 e. The van der Waals surface area contributed by atoms with Crippen molar-refractivity contribution in [2.75, 3.05) is 36.4 Å². The summed E-state index contributed by atoms with van der Waals surface area (Å²) < 4.78 is 5.18. The van der Waals surface area contributed by atoms with Crippen molar-refractivity contribution in [2.45, 2.75) is 0 Å². The van der Waals surface area contributed by atoms with E-state index in [0.29, 0.717) is 42.6 Å². The first-order chi connectivity index (χ1) is 15.8. The van der Waals surface area contributed by atoms with Gasteiger partial charge in [0.1, 0.15) is 5.02 Å². The van der Waals surface area contributed by atoms with E-state index in [4.69, 9.17) is 27.6 Å². The van der Waals surface area contributed by atoms with Crippen LogP contribution in [0.25, 0.3) is 0 Å². The van der Waals surface area contributed by atoms with Crippen molar-refractivity contribution in [3.63, 3.8) is 0 Å². The van der Waals surface area contributed by atoms with Gasteiger partial charge in [0.25, 0.3) is 17.5 Å². The molecule has 0 radical (unpaired) electrons. The number of carbonyl (C=O) groups excluding carboxylic acids is 2. The van der Waals surface area contributed by atoms with E-state index in [0.717, 1.165) is 11.8 Å². The molecule has 0 saturated carbocycles. The van der Waals surface area contributed by atoms with E-state index in [2.05, 4.69) is 10.2 Å². The molecule has 0 unspecified atom stereocenters. The Morgan fingerprint density at radius 2 is 1.76 bits per heavy atom. The Morgan fingerprint density at radius 3 is 2.39 bits per heavy atom. The van der Waals surface area contributed by atoms with Crippen molar-refractivity contribution in [3.8, 4) is 0 Å². The predicted octanol–water partition coefficient (Wildman–Crippen LogP) is 4.71. The van der Waals surface area contributed by atoms with Crippen LogP contribution in [0.4, 0.5) is 17.1 Å². The first kappa shape index (κ1) is 22.6. The maximum atomic E-state index is 12.5. The molecule has 1 saturated heterocycles. The molecule has 0 bridgehead atoms. The van der Waals surface area contributed by atoms with Gasteiger partial charge in [-0.1, -0.05) is 23.2 Å². The molecule has 170 valence electrons. The van der Waals surface area contributed by atoms with Gasteiger partial charge in [0.2, 0.25) is 0 Å². The molecule has 9 nitrogen and oxygen atoms in total. The van der Waals surface area contributed by atoms with Crippen molar-refractivity contribution in [3.05, 3.63) is 86.3 Å². The number of halogens is 2.